The van der Waals surface area contributed by atoms with Gasteiger partial charge in [-0.15, -0.1) is 6.58 Å². The highest BCUT2D eigenvalue weighted by molar-refractivity contribution is 6.99. The Morgan fingerprint density at radius 1 is 0.621 bits per heavy atom. The van der Waals surface area contributed by atoms with Crippen LogP contribution < -0.4 is 10.4 Å². The van der Waals surface area contributed by atoms with Gasteiger partial charge in [0.2, 0.25) is 0 Å². The maximum absolute atomic E-state index is 13.7. The van der Waals surface area contributed by atoms with Gasteiger partial charge < -0.3 is 23.4 Å². The summed E-state index contributed by atoms with van der Waals surface area (Å²) in [6.07, 6.45) is 0.259. The Labute approximate surface area is 346 Å². The summed E-state index contributed by atoms with van der Waals surface area (Å²) in [7, 11) is -3.01. The van der Waals surface area contributed by atoms with Gasteiger partial charge in [-0.05, 0) is 39.0 Å². The van der Waals surface area contributed by atoms with Crippen LogP contribution in [-0.2, 0) is 48.0 Å². The molecule has 58 heavy (non-hydrogen) atoms. The van der Waals surface area contributed by atoms with Gasteiger partial charge in [0.25, 0.3) is 8.32 Å². The van der Waals surface area contributed by atoms with E-state index >= 15 is 0 Å². The normalized spacial score (nSPS) is 20.0. The first kappa shape index (κ1) is 42.9. The zero-order valence-electron chi connectivity index (χ0n) is 34.5. The standard InChI is InChI=1S/C50H59NO6Si/c1-6-33-51-44(34-46(52)53-7-2)47(54-35-39-23-13-8-14-24-39)49(56-37-41-27-17-10-18-28-41)48(55-36-40-25-15-9-16-26-40)45(51)38-57-58(50(3,4)5,42-29-19-11-20-30-42)43-31-21-12-22-32-43/h6,8-32,44-45,47-49H,1,7,33-38H2,2-5H3/t44-,45-,47+,48-,49-/m1/s1. The predicted octanol–water partition coefficient (Wildman–Crippen LogP) is 8.51. The van der Waals surface area contributed by atoms with Crippen molar-refractivity contribution in [3.8, 4) is 0 Å². The van der Waals surface area contributed by atoms with E-state index in [1.807, 2.05) is 67.6 Å². The van der Waals surface area contributed by atoms with E-state index in [1.54, 1.807) is 0 Å². The van der Waals surface area contributed by atoms with Crippen LogP contribution >= 0.6 is 0 Å². The van der Waals surface area contributed by atoms with Crippen molar-refractivity contribution < 1.29 is 28.2 Å². The van der Waals surface area contributed by atoms with Crippen LogP contribution in [0.3, 0.4) is 0 Å². The summed E-state index contributed by atoms with van der Waals surface area (Å²) in [5.41, 5.74) is 3.09. The first-order chi connectivity index (χ1) is 28.2. The zero-order chi connectivity index (χ0) is 40.8. The maximum Gasteiger partial charge on any atom is 0.307 e. The van der Waals surface area contributed by atoms with Crippen LogP contribution in [0.25, 0.3) is 0 Å². The minimum absolute atomic E-state index is 0.0907. The highest BCUT2D eigenvalue weighted by Gasteiger charge is 2.55. The van der Waals surface area contributed by atoms with Gasteiger partial charge in [-0.25, -0.2) is 0 Å². The van der Waals surface area contributed by atoms with Crippen molar-refractivity contribution in [2.75, 3.05) is 19.8 Å². The lowest BCUT2D eigenvalue weighted by atomic mass is 9.85. The number of hydrogen-bond acceptors (Lipinski definition) is 7. The molecular formula is C50H59NO6Si. The third-order valence-electron chi connectivity index (χ3n) is 11.0. The molecular weight excluding hydrogens is 739 g/mol. The van der Waals surface area contributed by atoms with Gasteiger partial charge in [-0.1, -0.05) is 179 Å². The molecule has 0 bridgehead atoms. The smallest absolute Gasteiger partial charge is 0.307 e. The Morgan fingerprint density at radius 2 is 1.02 bits per heavy atom. The third-order valence-corrected chi connectivity index (χ3v) is 16.0. The molecule has 8 heteroatoms. The molecule has 7 nitrogen and oxygen atoms in total. The fraction of sp³-hybridized carbons (Fsp3) is 0.340. The molecule has 1 fully saturated rings. The molecule has 0 aromatic heterocycles. The molecule has 1 aliphatic rings. The molecule has 0 unspecified atom stereocenters. The van der Waals surface area contributed by atoms with Crippen LogP contribution in [0.1, 0.15) is 50.8 Å². The number of hydrogen-bond donors (Lipinski definition) is 0. The molecule has 1 aliphatic heterocycles. The van der Waals surface area contributed by atoms with Crippen molar-refractivity contribution in [3.05, 3.63) is 181 Å². The summed E-state index contributed by atoms with van der Waals surface area (Å²) in [6, 6.07) is 51.0. The number of piperidine rings is 1. The number of rotatable bonds is 19. The van der Waals surface area contributed by atoms with E-state index < -0.39 is 32.7 Å². The van der Waals surface area contributed by atoms with Gasteiger partial charge >= 0.3 is 5.97 Å². The molecule has 1 heterocycles. The van der Waals surface area contributed by atoms with Gasteiger partial charge in [0.1, 0.15) is 18.3 Å². The summed E-state index contributed by atoms with van der Waals surface area (Å²) in [5.74, 6) is -0.299. The maximum atomic E-state index is 13.7. The SMILES string of the molecule is C=CCN1[C@H](CC(=O)OCC)[C@H](OCc2ccccc2)[C@@H](OCc2ccccc2)[C@H](OCc2ccccc2)[C@H]1CO[Si](c1ccccc1)(c1ccccc1)C(C)(C)C. The Balaban J connectivity index is 1.50. The summed E-state index contributed by atoms with van der Waals surface area (Å²) >= 11 is 0. The quantitative estimate of drug-likeness (QED) is 0.0472. The van der Waals surface area contributed by atoms with Gasteiger partial charge in [0.05, 0.1) is 45.5 Å². The largest absolute Gasteiger partial charge is 0.466 e. The van der Waals surface area contributed by atoms with Gasteiger partial charge in [-0.3, -0.25) is 9.69 Å². The van der Waals surface area contributed by atoms with Crippen molar-refractivity contribution in [3.63, 3.8) is 0 Å². The van der Waals surface area contributed by atoms with Crippen molar-refractivity contribution in [1.29, 1.82) is 0 Å². The van der Waals surface area contributed by atoms with E-state index in [2.05, 4.69) is 129 Å². The van der Waals surface area contributed by atoms with E-state index in [4.69, 9.17) is 23.4 Å². The first-order valence-corrected chi connectivity index (χ1v) is 22.4. The van der Waals surface area contributed by atoms with Crippen LogP contribution in [0.2, 0.25) is 5.04 Å². The van der Waals surface area contributed by atoms with Gasteiger partial charge in [0.15, 0.2) is 0 Å². The molecule has 304 valence electrons. The molecule has 5 atom stereocenters. The highest BCUT2D eigenvalue weighted by atomic mass is 28.4. The zero-order valence-corrected chi connectivity index (χ0v) is 35.5. The lowest BCUT2D eigenvalue weighted by Crippen LogP contribution is -2.72. The molecule has 6 rings (SSSR count). The number of benzene rings is 5. The average Bonchev–Trinajstić information content (AvgIpc) is 3.24. The Kier molecular flexibility index (Phi) is 15.4. The number of likely N-dealkylation sites (tertiary alicyclic amines) is 1. The summed E-state index contributed by atoms with van der Waals surface area (Å²) in [5, 5.41) is 2.11. The fourth-order valence-electron chi connectivity index (χ4n) is 8.36. The number of carbonyl (C=O) groups is 1. The van der Waals surface area contributed by atoms with Crippen molar-refractivity contribution in [2.45, 2.75) is 89.4 Å². The molecule has 0 saturated carbocycles. The fourth-order valence-corrected chi connectivity index (χ4v) is 12.9. The minimum atomic E-state index is -3.01. The number of carbonyl (C=O) groups excluding carboxylic acids is 1. The Hall–Kier alpha value is -4.67. The number of ether oxygens (including phenoxy) is 4. The summed E-state index contributed by atoms with van der Waals surface area (Å²) in [4.78, 5) is 16.0. The van der Waals surface area contributed by atoms with Crippen LogP contribution in [-0.4, -0.2) is 69.3 Å². The lowest BCUT2D eigenvalue weighted by molar-refractivity contribution is -0.226. The monoisotopic (exact) mass is 797 g/mol. The number of esters is 1. The van der Waals surface area contributed by atoms with Crippen molar-refractivity contribution in [2.24, 2.45) is 0 Å². The average molecular weight is 798 g/mol. The molecule has 5 aromatic carbocycles. The second-order valence-electron chi connectivity index (χ2n) is 15.9. The predicted molar refractivity (Wildman–Crippen MR) is 234 cm³/mol. The van der Waals surface area contributed by atoms with Crippen LogP contribution in [0.15, 0.2) is 164 Å². The number of nitrogens with zero attached hydrogens (tertiary/aromatic N) is 1. The lowest BCUT2D eigenvalue weighted by Gasteiger charge is -2.54. The van der Waals surface area contributed by atoms with Crippen LogP contribution in [0.4, 0.5) is 0 Å². The van der Waals surface area contributed by atoms with E-state index in [1.165, 1.54) is 10.4 Å². The molecule has 0 amide bonds. The van der Waals surface area contributed by atoms with Gasteiger partial charge in [-0.2, -0.15) is 0 Å². The Morgan fingerprint density at radius 3 is 1.41 bits per heavy atom. The van der Waals surface area contributed by atoms with E-state index in [0.717, 1.165) is 16.7 Å². The third kappa shape index (κ3) is 10.5. The van der Waals surface area contributed by atoms with Crippen LogP contribution in [0, 0.1) is 0 Å². The Bertz CT molecular complexity index is 1920. The molecule has 5 aromatic rings. The van der Waals surface area contributed by atoms with Gasteiger partial charge in [0, 0.05) is 12.6 Å². The minimum Gasteiger partial charge on any atom is -0.466 e. The van der Waals surface area contributed by atoms with Crippen LogP contribution in [0.5, 0.6) is 0 Å². The first-order valence-electron chi connectivity index (χ1n) is 20.5. The molecule has 0 aliphatic carbocycles. The van der Waals surface area contributed by atoms with Crippen molar-refractivity contribution >= 4 is 24.7 Å². The summed E-state index contributed by atoms with van der Waals surface area (Å²) in [6.45, 7) is 15.0. The van der Waals surface area contributed by atoms with E-state index in [0.29, 0.717) is 33.0 Å². The second-order valence-corrected chi connectivity index (χ2v) is 20.2. The highest BCUT2D eigenvalue weighted by Crippen LogP contribution is 2.39. The second kappa shape index (κ2) is 20.8. The molecule has 0 spiro atoms. The van der Waals surface area contributed by atoms with E-state index in [-0.39, 0.29) is 30.1 Å². The summed E-state index contributed by atoms with van der Waals surface area (Å²) < 4.78 is 34.6. The molecule has 0 N–H and O–H groups in total. The topological polar surface area (TPSA) is 66.5 Å². The van der Waals surface area contributed by atoms with E-state index in [9.17, 15) is 4.79 Å². The molecule has 0 radical (unpaired) electrons. The molecule has 1 saturated heterocycles. The van der Waals surface area contributed by atoms with Crippen molar-refractivity contribution in [1.82, 2.24) is 4.90 Å².